The molecular formula is C23H22F2N2O4. The zero-order chi connectivity index (χ0) is 21.8. The van der Waals surface area contributed by atoms with E-state index in [1.54, 1.807) is 60.7 Å². The number of Topliss-reactive ketones (excluding diaryl/α,β-unsaturated/α-hetero) is 1. The number of benzene rings is 2. The molecule has 1 fully saturated rings. The lowest BCUT2D eigenvalue weighted by Crippen LogP contribution is -2.53. The topological polar surface area (TPSA) is 67.9 Å². The Kier molecular flexibility index (Phi) is 5.99. The Balaban J connectivity index is 1.64. The maximum atomic E-state index is 15.6. The summed E-state index contributed by atoms with van der Waals surface area (Å²) in [7, 11) is 0. The van der Waals surface area contributed by atoms with E-state index < -0.39 is 36.0 Å². The monoisotopic (exact) mass is 428 g/mol. The van der Waals surface area contributed by atoms with Crippen LogP contribution in [0.4, 0.5) is 13.6 Å². The van der Waals surface area contributed by atoms with Crippen LogP contribution in [-0.4, -0.2) is 54.7 Å². The molecule has 1 N–H and O–H groups in total. The van der Waals surface area contributed by atoms with Crippen LogP contribution in [-0.2, 0) is 4.74 Å². The molecule has 2 aliphatic rings. The van der Waals surface area contributed by atoms with Crippen molar-refractivity contribution in [2.45, 2.75) is 18.3 Å². The predicted octanol–water partition coefficient (Wildman–Crippen LogP) is 3.51. The Morgan fingerprint density at radius 1 is 1.10 bits per heavy atom. The van der Waals surface area contributed by atoms with Crippen molar-refractivity contribution in [3.05, 3.63) is 78.4 Å². The van der Waals surface area contributed by atoms with E-state index >= 15 is 8.78 Å². The Hall–Kier alpha value is -3.26. The summed E-state index contributed by atoms with van der Waals surface area (Å²) in [5, 5.41) is 2.53. The molecule has 2 amide bonds. The lowest BCUT2D eigenvalue weighted by Gasteiger charge is -2.31. The van der Waals surface area contributed by atoms with Crippen molar-refractivity contribution in [1.29, 1.82) is 0 Å². The summed E-state index contributed by atoms with van der Waals surface area (Å²) in [4.78, 5) is 26.4. The lowest BCUT2D eigenvalue weighted by molar-refractivity contribution is -0.139. The number of para-hydroxylation sites is 1. The number of hydrogen-bond acceptors (Lipinski definition) is 4. The molecule has 2 heterocycles. The second kappa shape index (κ2) is 8.85. The van der Waals surface area contributed by atoms with Crippen molar-refractivity contribution >= 4 is 11.8 Å². The van der Waals surface area contributed by atoms with Gasteiger partial charge >= 0.3 is 12.0 Å². The molecule has 1 saturated heterocycles. The summed E-state index contributed by atoms with van der Waals surface area (Å²) in [6.07, 6.45) is 0.150. The van der Waals surface area contributed by atoms with Gasteiger partial charge in [0.15, 0.2) is 12.0 Å². The van der Waals surface area contributed by atoms with Crippen LogP contribution in [0.25, 0.3) is 0 Å². The predicted molar refractivity (Wildman–Crippen MR) is 109 cm³/mol. The van der Waals surface area contributed by atoms with E-state index in [4.69, 9.17) is 9.47 Å². The quantitative estimate of drug-likeness (QED) is 0.565. The fourth-order valence-electron chi connectivity index (χ4n) is 3.78. The maximum Gasteiger partial charge on any atom is 0.320 e. The van der Waals surface area contributed by atoms with Crippen LogP contribution in [0.5, 0.6) is 5.75 Å². The van der Waals surface area contributed by atoms with E-state index in [-0.39, 0.29) is 25.3 Å². The van der Waals surface area contributed by atoms with Crippen LogP contribution < -0.4 is 10.1 Å². The van der Waals surface area contributed by atoms with Gasteiger partial charge in [0.2, 0.25) is 0 Å². The zero-order valence-electron chi connectivity index (χ0n) is 16.6. The van der Waals surface area contributed by atoms with Crippen molar-refractivity contribution in [3.63, 3.8) is 0 Å². The van der Waals surface area contributed by atoms with Gasteiger partial charge in [-0.3, -0.25) is 9.69 Å². The van der Waals surface area contributed by atoms with E-state index in [0.717, 1.165) is 4.90 Å². The van der Waals surface area contributed by atoms with Crippen molar-refractivity contribution in [1.82, 2.24) is 10.2 Å². The molecule has 31 heavy (non-hydrogen) atoms. The third kappa shape index (κ3) is 4.29. The van der Waals surface area contributed by atoms with Crippen LogP contribution in [0, 0.1) is 5.92 Å². The normalized spacial score (nSPS) is 25.0. The molecule has 0 spiro atoms. The molecule has 0 saturated carbocycles. The molecule has 8 heteroatoms. The second-order valence-electron chi connectivity index (χ2n) is 7.34. The molecule has 2 aromatic carbocycles. The third-order valence-electron chi connectivity index (χ3n) is 5.30. The van der Waals surface area contributed by atoms with Gasteiger partial charge in [0.25, 0.3) is 0 Å². The molecule has 3 atom stereocenters. The molecule has 0 radical (unpaired) electrons. The Labute approximate surface area is 178 Å². The summed E-state index contributed by atoms with van der Waals surface area (Å²) in [6, 6.07) is 15.9. The summed E-state index contributed by atoms with van der Waals surface area (Å²) >= 11 is 0. The number of ether oxygens (including phenoxy) is 2. The van der Waals surface area contributed by atoms with Crippen molar-refractivity contribution < 1.29 is 27.8 Å². The minimum atomic E-state index is -3.62. The molecule has 0 bridgehead atoms. The molecule has 2 aromatic rings. The Morgan fingerprint density at radius 3 is 2.48 bits per heavy atom. The van der Waals surface area contributed by atoms with Crippen molar-refractivity contribution in [3.8, 4) is 5.75 Å². The maximum absolute atomic E-state index is 15.6. The van der Waals surface area contributed by atoms with Crippen LogP contribution in [0.15, 0.2) is 72.8 Å². The summed E-state index contributed by atoms with van der Waals surface area (Å²) < 4.78 is 42.6. The van der Waals surface area contributed by atoms with Crippen LogP contribution in [0.2, 0.25) is 0 Å². The van der Waals surface area contributed by atoms with Crippen LogP contribution in [0.3, 0.4) is 0 Å². The summed E-state index contributed by atoms with van der Waals surface area (Å²) in [5.41, 5.74) is 0.154. The minimum Gasteiger partial charge on any atom is -0.491 e. The highest BCUT2D eigenvalue weighted by Gasteiger charge is 2.64. The number of carbonyl (C=O) groups is 2. The lowest BCUT2D eigenvalue weighted by atomic mass is 9.88. The van der Waals surface area contributed by atoms with Crippen molar-refractivity contribution in [2.24, 2.45) is 5.92 Å². The first-order valence-electron chi connectivity index (χ1n) is 9.98. The summed E-state index contributed by atoms with van der Waals surface area (Å²) in [6.45, 7) is -0.0736. The standard InChI is InChI=1S/C23H22F2N2O4/c24-23(25)19(20(28)16-9-3-1-4-10-16)18(15-30-17-11-5-2-6-12-17)31-21(23)27-14-8-7-13-26-22(27)29/h1-12,18-19,21H,13-15H2,(H,26,29). The Bertz CT molecular complexity index is 953. The fraction of sp³-hybridized carbons (Fsp3) is 0.304. The van der Waals surface area contributed by atoms with E-state index in [9.17, 15) is 9.59 Å². The highest BCUT2D eigenvalue weighted by atomic mass is 19.3. The third-order valence-corrected chi connectivity index (χ3v) is 5.30. The molecule has 6 nitrogen and oxygen atoms in total. The average molecular weight is 428 g/mol. The smallest absolute Gasteiger partial charge is 0.320 e. The molecule has 0 aromatic heterocycles. The number of nitrogens with zero attached hydrogens (tertiary/aromatic N) is 1. The van der Waals surface area contributed by atoms with Gasteiger partial charge in [-0.15, -0.1) is 0 Å². The first-order chi connectivity index (χ1) is 15.0. The highest BCUT2D eigenvalue weighted by molar-refractivity contribution is 5.99. The molecular weight excluding hydrogens is 406 g/mol. The van der Waals surface area contributed by atoms with E-state index in [2.05, 4.69) is 5.32 Å². The second-order valence-corrected chi connectivity index (χ2v) is 7.34. The van der Waals surface area contributed by atoms with Crippen LogP contribution in [0.1, 0.15) is 10.4 Å². The molecule has 2 aliphatic heterocycles. The van der Waals surface area contributed by atoms with Gasteiger partial charge in [0.05, 0.1) is 0 Å². The molecule has 3 unspecified atom stereocenters. The number of hydrogen-bond donors (Lipinski definition) is 1. The van der Waals surface area contributed by atoms with Gasteiger partial charge in [-0.05, 0) is 12.1 Å². The van der Waals surface area contributed by atoms with E-state index in [1.165, 1.54) is 12.1 Å². The number of urea groups is 1. The van der Waals surface area contributed by atoms with Crippen molar-refractivity contribution in [2.75, 3.05) is 19.7 Å². The molecule has 0 aliphatic carbocycles. The first-order valence-corrected chi connectivity index (χ1v) is 9.98. The van der Waals surface area contributed by atoms with Gasteiger partial charge in [0, 0.05) is 18.7 Å². The SMILES string of the molecule is O=C(c1ccccc1)C1C(COc2ccccc2)OC(N2CC=CCNC2=O)C1(F)F. The van der Waals surface area contributed by atoms with Gasteiger partial charge in [0.1, 0.15) is 24.4 Å². The van der Waals surface area contributed by atoms with Gasteiger partial charge in [-0.25, -0.2) is 13.6 Å². The van der Waals surface area contributed by atoms with E-state index in [1.807, 2.05) is 0 Å². The number of carbonyl (C=O) groups excluding carboxylic acids is 2. The number of ketones is 1. The largest absolute Gasteiger partial charge is 0.491 e. The zero-order valence-corrected chi connectivity index (χ0v) is 16.6. The van der Waals surface area contributed by atoms with Crippen LogP contribution >= 0.6 is 0 Å². The number of rotatable bonds is 6. The van der Waals surface area contributed by atoms with E-state index in [0.29, 0.717) is 5.75 Å². The Morgan fingerprint density at radius 2 is 1.77 bits per heavy atom. The number of amides is 2. The van der Waals surface area contributed by atoms with Gasteiger partial charge < -0.3 is 14.8 Å². The highest BCUT2D eigenvalue weighted by Crippen LogP contribution is 2.44. The summed E-state index contributed by atoms with van der Waals surface area (Å²) in [5.74, 6) is -5.70. The number of halogens is 2. The number of alkyl halides is 2. The first kappa shape index (κ1) is 21.0. The minimum absolute atomic E-state index is 0.0510. The average Bonchev–Trinajstić information content (AvgIpc) is 2.90. The number of nitrogens with one attached hydrogen (secondary N) is 1. The van der Waals surface area contributed by atoms with Gasteiger partial charge in [-0.1, -0.05) is 60.7 Å². The molecule has 162 valence electrons. The molecule has 4 rings (SSSR count). The van der Waals surface area contributed by atoms with Gasteiger partial charge in [-0.2, -0.15) is 0 Å². The fourth-order valence-corrected chi connectivity index (χ4v) is 3.78.